The lowest BCUT2D eigenvalue weighted by molar-refractivity contribution is -0.137. The quantitative estimate of drug-likeness (QED) is 0.242. The number of carbonyl (C=O) groups excluding carboxylic acids is 2. The molecule has 9 heteroatoms. The minimum absolute atomic E-state index is 0.0667. The second-order valence-corrected chi connectivity index (χ2v) is 5.66. The monoisotopic (exact) mass is 307 g/mol. The third-order valence-corrected chi connectivity index (χ3v) is 3.11. The zero-order chi connectivity index (χ0) is 15.6. The van der Waals surface area contributed by atoms with Gasteiger partial charge >= 0.3 is 0 Å². The number of amides is 2. The lowest BCUT2D eigenvalue weighted by atomic mass is 9.87. The summed E-state index contributed by atoms with van der Waals surface area (Å²) in [4.78, 5) is 32.7. The zero-order valence-electron chi connectivity index (χ0n) is 11.6. The molecule has 0 aromatic heterocycles. The number of nitrogens with one attached hydrogen (secondary N) is 2. The maximum absolute atomic E-state index is 11.6. The minimum Gasteiger partial charge on any atom is -0.396 e. The third-order valence-electron chi connectivity index (χ3n) is 2.62. The summed E-state index contributed by atoms with van der Waals surface area (Å²) < 4.78 is 2.58. The van der Waals surface area contributed by atoms with E-state index in [-0.39, 0.29) is 25.5 Å². The summed E-state index contributed by atoms with van der Waals surface area (Å²) in [6.45, 7) is 3.20. The Morgan fingerprint density at radius 3 is 2.50 bits per heavy atom. The van der Waals surface area contributed by atoms with Gasteiger partial charge in [0.25, 0.3) is 0 Å². The van der Waals surface area contributed by atoms with Crippen LogP contribution in [-0.4, -0.2) is 53.6 Å². The topological polar surface area (TPSA) is 128 Å². The molecule has 0 aromatic rings. The molecule has 0 aliphatic heterocycles. The number of hydrogen-bond donors (Lipinski definition) is 4. The van der Waals surface area contributed by atoms with Crippen molar-refractivity contribution in [1.29, 1.82) is 0 Å². The SMILES string of the molecule is CC(C)(CO)[C@@H](O)C(=O)NCCC(=O)NCCSN=O. The highest BCUT2D eigenvalue weighted by Gasteiger charge is 2.32. The summed E-state index contributed by atoms with van der Waals surface area (Å²) >= 11 is 0.816. The Hall–Kier alpha value is -1.19. The van der Waals surface area contributed by atoms with Crippen molar-refractivity contribution in [3.8, 4) is 0 Å². The van der Waals surface area contributed by atoms with Gasteiger partial charge < -0.3 is 20.8 Å². The third kappa shape index (κ3) is 7.41. The number of rotatable bonds is 10. The Labute approximate surface area is 121 Å². The normalized spacial score (nSPS) is 12.6. The molecule has 0 aromatic carbocycles. The molecule has 0 aliphatic carbocycles. The van der Waals surface area contributed by atoms with Crippen molar-refractivity contribution in [2.75, 3.05) is 25.4 Å². The van der Waals surface area contributed by atoms with E-state index in [9.17, 15) is 19.6 Å². The highest BCUT2D eigenvalue weighted by Crippen LogP contribution is 2.19. The second kappa shape index (κ2) is 9.67. The van der Waals surface area contributed by atoms with E-state index in [1.807, 2.05) is 0 Å². The average molecular weight is 307 g/mol. The molecule has 2 amide bonds. The van der Waals surface area contributed by atoms with Gasteiger partial charge in [-0.1, -0.05) is 13.8 Å². The second-order valence-electron chi connectivity index (χ2n) is 4.85. The molecule has 0 saturated carbocycles. The Bertz CT molecular complexity index is 338. The molecule has 0 bridgehead atoms. The van der Waals surface area contributed by atoms with Gasteiger partial charge in [-0.2, -0.15) is 0 Å². The first-order valence-corrected chi connectivity index (χ1v) is 7.07. The molecular formula is C11H21N3O5S. The molecule has 0 rings (SSSR count). The molecule has 4 N–H and O–H groups in total. The van der Waals surface area contributed by atoms with Crippen LogP contribution in [0.3, 0.4) is 0 Å². The van der Waals surface area contributed by atoms with Crippen molar-refractivity contribution in [3.63, 3.8) is 0 Å². The van der Waals surface area contributed by atoms with Crippen molar-refractivity contribution < 1.29 is 19.8 Å². The van der Waals surface area contributed by atoms with Crippen LogP contribution in [0.25, 0.3) is 0 Å². The number of aliphatic hydroxyl groups is 2. The lowest BCUT2D eigenvalue weighted by Crippen LogP contribution is -2.46. The summed E-state index contributed by atoms with van der Waals surface area (Å²) in [7, 11) is 0. The van der Waals surface area contributed by atoms with Crippen molar-refractivity contribution >= 4 is 23.8 Å². The molecule has 20 heavy (non-hydrogen) atoms. The minimum atomic E-state index is -1.34. The first-order valence-electron chi connectivity index (χ1n) is 6.13. The Morgan fingerprint density at radius 2 is 1.95 bits per heavy atom. The van der Waals surface area contributed by atoms with Crippen LogP contribution in [0, 0.1) is 10.3 Å². The number of nitroso groups, excluding NO2 is 1. The molecule has 8 nitrogen and oxygen atoms in total. The Morgan fingerprint density at radius 1 is 1.30 bits per heavy atom. The number of nitrogens with zero attached hydrogens (tertiary/aromatic N) is 1. The van der Waals surface area contributed by atoms with Gasteiger partial charge in [-0.25, -0.2) is 0 Å². The summed E-state index contributed by atoms with van der Waals surface area (Å²) in [6, 6.07) is 0. The molecule has 116 valence electrons. The van der Waals surface area contributed by atoms with Crippen LogP contribution in [0.4, 0.5) is 0 Å². The standard InChI is InChI=1S/C11H21N3O5S/c1-11(2,7-15)9(17)10(18)13-4-3-8(16)12-5-6-20-14-19/h9,15,17H,3-7H2,1-2H3,(H,12,16)(H,13,18)/t9-/m0/s1. The van der Waals surface area contributed by atoms with E-state index in [2.05, 4.69) is 15.2 Å². The Balaban J connectivity index is 3.86. The smallest absolute Gasteiger partial charge is 0.249 e. The zero-order valence-corrected chi connectivity index (χ0v) is 12.4. The molecule has 0 aliphatic rings. The van der Waals surface area contributed by atoms with E-state index in [0.717, 1.165) is 11.9 Å². The summed E-state index contributed by atoms with van der Waals surface area (Å²) in [6.07, 6.45) is -1.28. The molecule has 0 heterocycles. The van der Waals surface area contributed by atoms with Crippen LogP contribution >= 0.6 is 11.9 Å². The van der Waals surface area contributed by atoms with Crippen LogP contribution in [0.1, 0.15) is 20.3 Å². The van der Waals surface area contributed by atoms with Crippen molar-refractivity contribution in [3.05, 3.63) is 4.91 Å². The molecule has 0 radical (unpaired) electrons. The summed E-state index contributed by atoms with van der Waals surface area (Å²) in [5.41, 5.74) is -0.939. The van der Waals surface area contributed by atoms with Crippen molar-refractivity contribution in [2.24, 2.45) is 10.00 Å². The summed E-state index contributed by atoms with van der Waals surface area (Å²) in [5, 5.41) is 23.7. The van der Waals surface area contributed by atoms with Gasteiger partial charge in [0.2, 0.25) is 11.8 Å². The molecule has 0 unspecified atom stereocenters. The first kappa shape index (κ1) is 18.8. The maximum Gasteiger partial charge on any atom is 0.249 e. The van der Waals surface area contributed by atoms with Gasteiger partial charge in [0.05, 0.1) is 6.61 Å². The predicted molar refractivity (Wildman–Crippen MR) is 75.8 cm³/mol. The largest absolute Gasteiger partial charge is 0.396 e. The van der Waals surface area contributed by atoms with E-state index < -0.39 is 17.4 Å². The van der Waals surface area contributed by atoms with E-state index >= 15 is 0 Å². The van der Waals surface area contributed by atoms with Crippen LogP contribution in [0.5, 0.6) is 0 Å². The molecular weight excluding hydrogens is 286 g/mol. The van der Waals surface area contributed by atoms with Crippen molar-refractivity contribution in [1.82, 2.24) is 10.6 Å². The van der Waals surface area contributed by atoms with Gasteiger partial charge in [0.15, 0.2) is 0 Å². The van der Waals surface area contributed by atoms with Gasteiger partial charge in [-0.05, 0) is 0 Å². The molecule has 0 spiro atoms. The molecule has 0 saturated heterocycles. The fourth-order valence-corrected chi connectivity index (χ4v) is 1.47. The fourth-order valence-electron chi connectivity index (χ4n) is 1.20. The number of carbonyl (C=O) groups is 2. The lowest BCUT2D eigenvalue weighted by Gasteiger charge is -2.27. The van der Waals surface area contributed by atoms with Gasteiger partial charge in [0, 0.05) is 47.2 Å². The summed E-state index contributed by atoms with van der Waals surface area (Å²) in [5.74, 6) is -0.504. The van der Waals surface area contributed by atoms with Crippen molar-refractivity contribution in [2.45, 2.75) is 26.4 Å². The predicted octanol–water partition coefficient (Wildman–Crippen LogP) is -0.597. The first-order chi connectivity index (χ1) is 9.35. The van der Waals surface area contributed by atoms with Crippen LogP contribution < -0.4 is 10.6 Å². The number of aliphatic hydroxyl groups excluding tert-OH is 2. The maximum atomic E-state index is 11.6. The molecule has 1 atom stereocenters. The highest BCUT2D eigenvalue weighted by atomic mass is 32.2. The van der Waals surface area contributed by atoms with E-state index in [4.69, 9.17) is 5.11 Å². The highest BCUT2D eigenvalue weighted by molar-refractivity contribution is 7.97. The van der Waals surface area contributed by atoms with Gasteiger partial charge in [-0.3, -0.25) is 9.59 Å². The van der Waals surface area contributed by atoms with Crippen LogP contribution in [0.2, 0.25) is 0 Å². The van der Waals surface area contributed by atoms with E-state index in [1.165, 1.54) is 0 Å². The Kier molecular flexibility index (Phi) is 9.10. The fraction of sp³-hybridized carbons (Fsp3) is 0.818. The van der Waals surface area contributed by atoms with E-state index in [0.29, 0.717) is 12.3 Å². The van der Waals surface area contributed by atoms with Gasteiger partial charge in [0.1, 0.15) is 6.10 Å². The van der Waals surface area contributed by atoms with Crippen LogP contribution in [-0.2, 0) is 9.59 Å². The van der Waals surface area contributed by atoms with Gasteiger partial charge in [-0.15, -0.1) is 4.91 Å². The number of hydrogen-bond acceptors (Lipinski definition) is 7. The molecule has 0 fully saturated rings. The van der Waals surface area contributed by atoms with Crippen LogP contribution in [0.15, 0.2) is 4.58 Å². The van der Waals surface area contributed by atoms with E-state index in [1.54, 1.807) is 13.8 Å². The average Bonchev–Trinajstić information content (AvgIpc) is 2.42.